The Hall–Kier alpha value is -1.59. The van der Waals surface area contributed by atoms with Crippen molar-refractivity contribution >= 4 is 5.97 Å². The van der Waals surface area contributed by atoms with Crippen LogP contribution in [0.15, 0.2) is 30.3 Å². The first-order chi connectivity index (χ1) is 26.4. The van der Waals surface area contributed by atoms with Gasteiger partial charge in [0.05, 0.1) is 42.5 Å². The summed E-state index contributed by atoms with van der Waals surface area (Å²) >= 11 is 0. The van der Waals surface area contributed by atoms with Gasteiger partial charge in [-0.05, 0) is 88.0 Å². The predicted molar refractivity (Wildman–Crippen MR) is 223 cm³/mol. The summed E-state index contributed by atoms with van der Waals surface area (Å²) in [5.41, 5.74) is -1.11. The lowest BCUT2D eigenvalue weighted by molar-refractivity contribution is -0.361. The van der Waals surface area contributed by atoms with Gasteiger partial charge in [0.1, 0.15) is 11.7 Å². The fourth-order valence-corrected chi connectivity index (χ4v) is 11.1. The summed E-state index contributed by atoms with van der Waals surface area (Å²) in [6, 6.07) is 9.93. The third-order valence-corrected chi connectivity index (χ3v) is 14.9. The maximum absolute atomic E-state index is 14.9. The summed E-state index contributed by atoms with van der Waals surface area (Å²) in [5.74, 6) is -1.71. The third kappa shape index (κ3) is 10.1. The van der Waals surface area contributed by atoms with Crippen molar-refractivity contribution in [2.24, 2.45) is 52.3 Å². The summed E-state index contributed by atoms with van der Waals surface area (Å²) in [5, 5.41) is 13.2. The molecule has 0 aliphatic carbocycles. The summed E-state index contributed by atoms with van der Waals surface area (Å²) in [7, 11) is 0. The van der Waals surface area contributed by atoms with Crippen molar-refractivity contribution in [2.45, 2.75) is 210 Å². The van der Waals surface area contributed by atoms with Gasteiger partial charge in [-0.1, -0.05) is 106 Å². The second-order valence-corrected chi connectivity index (χ2v) is 21.0. The number of rotatable bonds is 7. The quantitative estimate of drug-likeness (QED) is 0.270. The number of hydrogen-bond donors (Lipinski definition) is 1. The Bertz CT molecular complexity index is 1460. The Kier molecular flexibility index (Phi) is 14.5. The zero-order chi connectivity index (χ0) is 42.4. The van der Waals surface area contributed by atoms with E-state index in [1.165, 1.54) is 0 Å². The Labute approximate surface area is 345 Å². The summed E-state index contributed by atoms with van der Waals surface area (Å²) in [6.07, 6.45) is -0.733. The lowest BCUT2D eigenvalue weighted by Crippen LogP contribution is -2.66. The SMILES string of the molecule is CC[C@H]1OC(=O)[C@H](C)[C@@H](OC2CC(C)(C)[C@@H](C)[C@H](C)O2)[C@H](C)[C@@H](OC2O[C@H](C)C[C@H](C)[C@H]2C)C(C)(C)C[C@@H](C)[C@@H]2OC(C)(C)O[C@H]([C@H]2C)[C@@]1(O)Cc1ccccc1. The van der Waals surface area contributed by atoms with Crippen LogP contribution in [0.3, 0.4) is 0 Å². The van der Waals surface area contributed by atoms with Crippen molar-refractivity contribution < 1.29 is 43.1 Å². The number of aliphatic hydroxyl groups is 1. The second-order valence-electron chi connectivity index (χ2n) is 21.0. The van der Waals surface area contributed by atoms with Crippen LogP contribution in [0.1, 0.15) is 142 Å². The monoisotopic (exact) mass is 801 g/mol. The van der Waals surface area contributed by atoms with E-state index in [0.29, 0.717) is 24.7 Å². The van der Waals surface area contributed by atoms with Gasteiger partial charge in [-0.25, -0.2) is 0 Å². The van der Waals surface area contributed by atoms with Crippen LogP contribution in [0.2, 0.25) is 0 Å². The molecule has 4 fully saturated rings. The van der Waals surface area contributed by atoms with Crippen LogP contribution in [0, 0.1) is 52.3 Å². The van der Waals surface area contributed by atoms with Crippen LogP contribution in [-0.4, -0.2) is 77.8 Å². The Morgan fingerprint density at radius 3 is 2.04 bits per heavy atom. The van der Waals surface area contributed by atoms with E-state index >= 15 is 0 Å². The molecule has 2 unspecified atom stereocenters. The minimum atomic E-state index is -1.57. The number of esters is 1. The van der Waals surface area contributed by atoms with E-state index in [-0.39, 0.29) is 59.9 Å². The first-order valence-electron chi connectivity index (χ1n) is 22.3. The van der Waals surface area contributed by atoms with E-state index in [9.17, 15) is 9.90 Å². The zero-order valence-corrected chi connectivity index (χ0v) is 38.4. The molecule has 9 heteroatoms. The first kappa shape index (κ1) is 46.5. The molecule has 4 aliphatic heterocycles. The lowest BCUT2D eigenvalue weighted by Gasteiger charge is -2.54. The van der Waals surface area contributed by atoms with Gasteiger partial charge in [0.25, 0.3) is 0 Å². The van der Waals surface area contributed by atoms with Crippen molar-refractivity contribution in [3.63, 3.8) is 0 Å². The van der Waals surface area contributed by atoms with Crippen LogP contribution >= 0.6 is 0 Å². The number of hydrogen-bond acceptors (Lipinski definition) is 9. The van der Waals surface area contributed by atoms with Crippen LogP contribution in [-0.2, 0) is 44.4 Å². The van der Waals surface area contributed by atoms with Crippen molar-refractivity contribution in [1.29, 1.82) is 0 Å². The van der Waals surface area contributed by atoms with E-state index in [4.69, 9.17) is 33.2 Å². The molecular weight excluding hydrogens is 721 g/mol. The molecular formula is C48H80O9. The molecule has 326 valence electrons. The molecule has 5 rings (SSSR count). The van der Waals surface area contributed by atoms with Gasteiger partial charge in [-0.2, -0.15) is 0 Å². The van der Waals surface area contributed by atoms with Crippen molar-refractivity contribution in [1.82, 2.24) is 0 Å². The molecule has 17 atom stereocenters. The van der Waals surface area contributed by atoms with E-state index < -0.39 is 59.6 Å². The zero-order valence-electron chi connectivity index (χ0n) is 38.4. The standard InChI is InChI=1S/C48H80O9/c1-17-37-48(50,25-36-21-19-18-20-22-36)42-31(6)39(56-47(15,16)57-42)28(3)24-46(13,14)41(55-44-30(5)27(2)23-29(4)51-44)32(7)40(33(8)43(49)53-37)54-38-26-45(11,12)34(9)35(10)52-38/h18-22,27-35,37-42,44,50H,17,23-26H2,1-16H3/t27-,28+,29+,30+,31-,32-,33+,34-,35-,37+,38?,39-,40-,41+,42+,44?,48+/m0/s1. The highest BCUT2D eigenvalue weighted by molar-refractivity contribution is 5.73. The van der Waals surface area contributed by atoms with Gasteiger partial charge in [0, 0.05) is 30.6 Å². The smallest absolute Gasteiger partial charge is 0.311 e. The molecule has 1 aromatic rings. The Morgan fingerprint density at radius 2 is 1.42 bits per heavy atom. The fraction of sp³-hybridized carbons (Fsp3) is 0.854. The van der Waals surface area contributed by atoms with Gasteiger partial charge in [-0.15, -0.1) is 0 Å². The Balaban J connectivity index is 1.64. The lowest BCUT2D eigenvalue weighted by atomic mass is 9.67. The number of cyclic esters (lactones) is 1. The molecule has 1 N–H and O–H groups in total. The number of ether oxygens (including phenoxy) is 7. The Morgan fingerprint density at radius 1 is 0.772 bits per heavy atom. The molecule has 2 bridgehead atoms. The number of benzene rings is 1. The van der Waals surface area contributed by atoms with E-state index in [2.05, 4.69) is 83.1 Å². The van der Waals surface area contributed by atoms with Crippen molar-refractivity contribution in [3.8, 4) is 0 Å². The second kappa shape index (κ2) is 17.8. The number of carbonyl (C=O) groups excluding carboxylic acids is 1. The molecule has 0 saturated carbocycles. The molecule has 4 aliphatic rings. The summed E-state index contributed by atoms with van der Waals surface area (Å²) in [6.45, 7) is 34.3. The molecule has 57 heavy (non-hydrogen) atoms. The summed E-state index contributed by atoms with van der Waals surface area (Å²) in [4.78, 5) is 14.9. The average molecular weight is 801 g/mol. The number of carbonyl (C=O) groups is 1. The van der Waals surface area contributed by atoms with Gasteiger partial charge in [0.15, 0.2) is 18.4 Å². The van der Waals surface area contributed by atoms with E-state index in [0.717, 1.165) is 18.4 Å². The minimum absolute atomic E-state index is 0.0262. The third-order valence-electron chi connectivity index (χ3n) is 14.9. The average Bonchev–Trinajstić information content (AvgIpc) is 3.12. The van der Waals surface area contributed by atoms with Crippen molar-refractivity contribution in [2.75, 3.05) is 0 Å². The van der Waals surface area contributed by atoms with Gasteiger partial charge in [-0.3, -0.25) is 4.79 Å². The molecule has 0 radical (unpaired) electrons. The first-order valence-corrected chi connectivity index (χ1v) is 22.3. The highest BCUT2D eigenvalue weighted by Gasteiger charge is 2.57. The molecule has 9 nitrogen and oxygen atoms in total. The molecule has 0 aromatic heterocycles. The van der Waals surface area contributed by atoms with Crippen LogP contribution < -0.4 is 0 Å². The minimum Gasteiger partial charge on any atom is -0.459 e. The molecule has 4 saturated heterocycles. The molecule has 4 heterocycles. The summed E-state index contributed by atoms with van der Waals surface area (Å²) < 4.78 is 47.9. The largest absolute Gasteiger partial charge is 0.459 e. The van der Waals surface area contributed by atoms with E-state index in [1.54, 1.807) is 0 Å². The predicted octanol–water partition coefficient (Wildman–Crippen LogP) is 9.75. The molecule has 0 amide bonds. The highest BCUT2D eigenvalue weighted by Crippen LogP contribution is 2.49. The van der Waals surface area contributed by atoms with E-state index in [1.807, 2.05) is 58.0 Å². The maximum atomic E-state index is 14.9. The van der Waals surface area contributed by atoms with Crippen molar-refractivity contribution in [3.05, 3.63) is 35.9 Å². The normalized spacial score (nSPS) is 45.4. The van der Waals surface area contributed by atoms with Crippen LogP contribution in [0.25, 0.3) is 0 Å². The van der Waals surface area contributed by atoms with Gasteiger partial charge in [0.2, 0.25) is 0 Å². The maximum Gasteiger partial charge on any atom is 0.311 e. The molecule has 1 aromatic carbocycles. The van der Waals surface area contributed by atoms with Gasteiger partial charge < -0.3 is 38.3 Å². The van der Waals surface area contributed by atoms with Crippen LogP contribution in [0.5, 0.6) is 0 Å². The highest BCUT2D eigenvalue weighted by atomic mass is 16.7. The topological polar surface area (TPSA) is 102 Å². The fourth-order valence-electron chi connectivity index (χ4n) is 11.1. The number of fused-ring (bicyclic) bond motifs is 2. The molecule has 0 spiro atoms. The van der Waals surface area contributed by atoms with Crippen LogP contribution in [0.4, 0.5) is 0 Å². The van der Waals surface area contributed by atoms with Gasteiger partial charge >= 0.3 is 5.97 Å².